The number of nitrogens with zero attached hydrogens (tertiary/aromatic N) is 1. The van der Waals surface area contributed by atoms with Crippen LogP contribution in [-0.4, -0.2) is 22.1 Å². The third kappa shape index (κ3) is 3.48. The Morgan fingerprint density at radius 2 is 2.08 bits per heavy atom. The van der Waals surface area contributed by atoms with Gasteiger partial charge in [-0.15, -0.1) is 11.3 Å². The quantitative estimate of drug-likeness (QED) is 0.729. The van der Waals surface area contributed by atoms with Crippen LogP contribution in [0, 0.1) is 6.92 Å². The van der Waals surface area contributed by atoms with E-state index in [0.717, 1.165) is 9.44 Å². The molecule has 0 atom stereocenters. The normalized spacial score (nSPS) is 10.8. The molecule has 0 radical (unpaired) electrons. The predicted molar refractivity (Wildman–Crippen MR) is 97.7 cm³/mol. The molecular weight excluding hydrogens is 342 g/mol. The second-order valence-corrected chi connectivity index (χ2v) is 6.65. The summed E-state index contributed by atoms with van der Waals surface area (Å²) in [6.45, 7) is 3.78. The molecule has 0 aliphatic heterocycles. The topological polar surface area (TPSA) is 93.2 Å². The van der Waals surface area contributed by atoms with Crippen molar-refractivity contribution in [3.8, 4) is 5.75 Å². The SMILES string of the molecule is CCOc1ccccc1NC(=O)Cn1c(=O)[nH]c2sc(C)cc2c1=O. The lowest BCUT2D eigenvalue weighted by molar-refractivity contribution is -0.116. The summed E-state index contributed by atoms with van der Waals surface area (Å²) in [6.07, 6.45) is 0. The number of thiophene rings is 1. The zero-order valence-electron chi connectivity index (χ0n) is 13.8. The largest absolute Gasteiger partial charge is 0.492 e. The number of aromatic nitrogens is 2. The lowest BCUT2D eigenvalue weighted by Gasteiger charge is -2.11. The van der Waals surface area contributed by atoms with Gasteiger partial charge < -0.3 is 10.1 Å². The van der Waals surface area contributed by atoms with Gasteiger partial charge in [-0.3, -0.25) is 19.1 Å². The second kappa shape index (κ2) is 6.94. The zero-order valence-corrected chi connectivity index (χ0v) is 14.6. The van der Waals surface area contributed by atoms with Crippen molar-refractivity contribution in [3.63, 3.8) is 0 Å². The summed E-state index contributed by atoms with van der Waals surface area (Å²) in [4.78, 5) is 41.0. The van der Waals surface area contributed by atoms with Gasteiger partial charge in [0, 0.05) is 4.88 Å². The highest BCUT2D eigenvalue weighted by atomic mass is 32.1. The Morgan fingerprint density at radius 1 is 1.32 bits per heavy atom. The van der Waals surface area contributed by atoms with Gasteiger partial charge in [-0.2, -0.15) is 0 Å². The molecule has 7 nitrogen and oxygen atoms in total. The molecule has 2 N–H and O–H groups in total. The fourth-order valence-corrected chi connectivity index (χ4v) is 3.39. The van der Waals surface area contributed by atoms with Crippen LogP contribution < -0.4 is 21.3 Å². The molecule has 3 aromatic rings. The Morgan fingerprint density at radius 3 is 2.84 bits per heavy atom. The molecule has 2 aromatic heterocycles. The molecule has 0 aliphatic rings. The molecule has 3 rings (SSSR count). The van der Waals surface area contributed by atoms with Gasteiger partial charge in [0.1, 0.15) is 17.1 Å². The molecular formula is C17H17N3O4S. The number of fused-ring (bicyclic) bond motifs is 1. The number of aryl methyl sites for hydroxylation is 1. The van der Waals surface area contributed by atoms with E-state index in [1.54, 1.807) is 30.3 Å². The van der Waals surface area contributed by atoms with Crippen molar-refractivity contribution >= 4 is 33.1 Å². The van der Waals surface area contributed by atoms with E-state index in [9.17, 15) is 14.4 Å². The number of hydrogen-bond acceptors (Lipinski definition) is 5. The molecule has 8 heteroatoms. The molecule has 130 valence electrons. The van der Waals surface area contributed by atoms with Crippen molar-refractivity contribution in [1.29, 1.82) is 0 Å². The number of benzene rings is 1. The number of ether oxygens (including phenoxy) is 1. The minimum atomic E-state index is -0.604. The summed E-state index contributed by atoms with van der Waals surface area (Å²) in [5.74, 6) is 0.0505. The molecule has 0 saturated carbocycles. The van der Waals surface area contributed by atoms with Gasteiger partial charge in [-0.25, -0.2) is 4.79 Å². The van der Waals surface area contributed by atoms with Crippen molar-refractivity contribution in [2.24, 2.45) is 0 Å². The van der Waals surface area contributed by atoms with Crippen LogP contribution in [0.5, 0.6) is 5.75 Å². The van der Waals surface area contributed by atoms with E-state index in [4.69, 9.17) is 4.74 Å². The fraction of sp³-hybridized carbons (Fsp3) is 0.235. The molecule has 0 bridgehead atoms. The second-order valence-electron chi connectivity index (χ2n) is 5.40. The first kappa shape index (κ1) is 17.0. The maximum absolute atomic E-state index is 12.5. The van der Waals surface area contributed by atoms with Crippen LogP contribution in [0.2, 0.25) is 0 Å². The number of amides is 1. The molecule has 1 aromatic carbocycles. The molecule has 0 spiro atoms. The van der Waals surface area contributed by atoms with E-state index in [-0.39, 0.29) is 6.54 Å². The van der Waals surface area contributed by atoms with Crippen molar-refractivity contribution < 1.29 is 9.53 Å². The number of H-pyrrole nitrogens is 1. The maximum atomic E-state index is 12.5. The Hall–Kier alpha value is -2.87. The van der Waals surface area contributed by atoms with Crippen LogP contribution in [0.1, 0.15) is 11.8 Å². The van der Waals surface area contributed by atoms with Gasteiger partial charge in [0.05, 0.1) is 17.7 Å². The average Bonchev–Trinajstić information content (AvgIpc) is 2.94. The van der Waals surface area contributed by atoms with Crippen molar-refractivity contribution in [3.05, 3.63) is 56.0 Å². The van der Waals surface area contributed by atoms with Crippen LogP contribution in [0.25, 0.3) is 10.2 Å². The third-order valence-electron chi connectivity index (χ3n) is 3.56. The predicted octanol–water partition coefficient (Wildman–Crippen LogP) is 2.10. The van der Waals surface area contributed by atoms with Crippen LogP contribution in [-0.2, 0) is 11.3 Å². The van der Waals surface area contributed by atoms with Crippen LogP contribution in [0.4, 0.5) is 5.69 Å². The molecule has 0 aliphatic carbocycles. The highest BCUT2D eigenvalue weighted by Crippen LogP contribution is 2.23. The number of carbonyl (C=O) groups is 1. The van der Waals surface area contributed by atoms with Gasteiger partial charge in [-0.1, -0.05) is 12.1 Å². The number of hydrogen-bond donors (Lipinski definition) is 2. The fourth-order valence-electron chi connectivity index (χ4n) is 2.50. The summed E-state index contributed by atoms with van der Waals surface area (Å²) in [7, 11) is 0. The van der Waals surface area contributed by atoms with Crippen molar-refractivity contribution in [2.75, 3.05) is 11.9 Å². The zero-order chi connectivity index (χ0) is 18.0. The van der Waals surface area contributed by atoms with Gasteiger partial charge >= 0.3 is 5.69 Å². The minimum Gasteiger partial charge on any atom is -0.492 e. The van der Waals surface area contributed by atoms with E-state index in [1.807, 2.05) is 13.8 Å². The number of aromatic amines is 1. The first-order chi connectivity index (χ1) is 12.0. The van der Waals surface area contributed by atoms with E-state index < -0.39 is 17.2 Å². The van der Waals surface area contributed by atoms with Crippen molar-refractivity contribution in [1.82, 2.24) is 9.55 Å². The van der Waals surface area contributed by atoms with Crippen LogP contribution >= 0.6 is 11.3 Å². The summed E-state index contributed by atoms with van der Waals surface area (Å²) in [5, 5.41) is 3.08. The highest BCUT2D eigenvalue weighted by Gasteiger charge is 2.14. The lowest BCUT2D eigenvalue weighted by Crippen LogP contribution is -2.38. The summed E-state index contributed by atoms with van der Waals surface area (Å²) in [6, 6.07) is 8.69. The van der Waals surface area contributed by atoms with Crippen molar-refractivity contribution in [2.45, 2.75) is 20.4 Å². The lowest BCUT2D eigenvalue weighted by atomic mass is 10.3. The monoisotopic (exact) mass is 359 g/mol. The Labute approximate surface area is 146 Å². The van der Waals surface area contributed by atoms with E-state index in [2.05, 4.69) is 10.3 Å². The Kier molecular flexibility index (Phi) is 4.71. The number of nitrogens with one attached hydrogen (secondary N) is 2. The standard InChI is InChI=1S/C17H17N3O4S/c1-3-24-13-7-5-4-6-12(13)18-14(21)9-20-16(22)11-8-10(2)25-15(11)19-17(20)23/h4-8H,3,9H2,1-2H3,(H,18,21)(H,19,23). The van der Waals surface area contributed by atoms with Gasteiger partial charge in [0.25, 0.3) is 5.56 Å². The Bertz CT molecular complexity index is 1050. The van der Waals surface area contributed by atoms with Gasteiger partial charge in [-0.05, 0) is 32.0 Å². The molecule has 2 heterocycles. The summed E-state index contributed by atoms with van der Waals surface area (Å²) < 4.78 is 6.34. The van der Waals surface area contributed by atoms with E-state index in [1.165, 1.54) is 11.3 Å². The molecule has 1 amide bonds. The smallest absolute Gasteiger partial charge is 0.329 e. The Balaban J connectivity index is 1.88. The summed E-state index contributed by atoms with van der Waals surface area (Å²) in [5.41, 5.74) is -0.588. The van der Waals surface area contributed by atoms with Crippen LogP contribution in [0.3, 0.4) is 0 Å². The first-order valence-corrected chi connectivity index (χ1v) is 8.56. The highest BCUT2D eigenvalue weighted by molar-refractivity contribution is 7.18. The minimum absolute atomic E-state index is 0.376. The first-order valence-electron chi connectivity index (χ1n) is 7.74. The number of anilines is 1. The summed E-state index contributed by atoms with van der Waals surface area (Å²) >= 11 is 1.33. The number of para-hydroxylation sites is 2. The number of carbonyl (C=O) groups excluding carboxylic acids is 1. The number of rotatable bonds is 5. The maximum Gasteiger partial charge on any atom is 0.329 e. The third-order valence-corrected chi connectivity index (χ3v) is 4.53. The van der Waals surface area contributed by atoms with E-state index >= 15 is 0 Å². The average molecular weight is 359 g/mol. The van der Waals surface area contributed by atoms with E-state index in [0.29, 0.717) is 28.3 Å². The van der Waals surface area contributed by atoms with Gasteiger partial charge in [0.15, 0.2) is 0 Å². The molecule has 0 saturated heterocycles. The van der Waals surface area contributed by atoms with Gasteiger partial charge in [0.2, 0.25) is 5.91 Å². The molecule has 25 heavy (non-hydrogen) atoms. The molecule has 0 fully saturated rings. The van der Waals surface area contributed by atoms with Crippen LogP contribution in [0.15, 0.2) is 39.9 Å². The molecule has 0 unspecified atom stereocenters.